The fraction of sp³-hybridized carbons (Fsp3) is 0.250. The number of benzene rings is 1. The third-order valence-electron chi connectivity index (χ3n) is 1.23. The van der Waals surface area contributed by atoms with E-state index in [1.807, 2.05) is 36.4 Å². The second-order valence-electron chi connectivity index (χ2n) is 2.95. The van der Waals surface area contributed by atoms with Crippen molar-refractivity contribution in [1.29, 1.82) is 0 Å². The zero-order chi connectivity index (χ0) is 18.2. The Balaban J connectivity index is -0.000000257. The Morgan fingerprint density at radius 1 is 0.565 bits per heavy atom. The quantitative estimate of drug-likeness (QED) is 0.263. The molecule has 0 spiro atoms. The van der Waals surface area contributed by atoms with Crippen molar-refractivity contribution in [3.05, 3.63) is 36.4 Å². The Kier molecular flexibility index (Phi) is 11.9. The van der Waals surface area contributed by atoms with Gasteiger partial charge in [0.1, 0.15) is 0 Å². The van der Waals surface area contributed by atoms with E-state index in [2.05, 4.69) is 0 Å². The third kappa shape index (κ3) is 14.5. The molecule has 0 unspecified atom stereocenters. The Morgan fingerprint density at radius 3 is 0.696 bits per heavy atom. The number of hydrogen-bond acceptors (Lipinski definition) is 6. The molecular weight excluding hydrogens is 434 g/mol. The number of rotatable bonds is 0. The molecule has 0 heterocycles. The van der Waals surface area contributed by atoms with Gasteiger partial charge in [-0.1, -0.05) is 36.4 Å². The van der Waals surface area contributed by atoms with Crippen LogP contribution < -0.4 is 0 Å². The minimum atomic E-state index is -6.09. The van der Waals surface area contributed by atoms with Crippen molar-refractivity contribution in [2.24, 2.45) is 0 Å². The van der Waals surface area contributed by atoms with E-state index < -0.39 is 31.3 Å². The van der Waals surface area contributed by atoms with Crippen molar-refractivity contribution in [2.45, 2.75) is 11.0 Å². The Hall–Kier alpha value is -0.861. The standard InChI is InChI=1S/C6H6.2CHF3O3S.Cu/c1-2-4-6-5-3-1;2*2-1(3,4)8(5,6)7;/h1-6H;2*(H,5,6,7);/q;;;+2/p-2. The molecule has 1 radical (unpaired) electrons. The maximum Gasteiger partial charge on any atom is 2.00 e. The maximum atomic E-state index is 10.7. The summed E-state index contributed by atoms with van der Waals surface area (Å²) in [6.45, 7) is 0. The van der Waals surface area contributed by atoms with Crippen molar-refractivity contribution in [3.8, 4) is 0 Å². The summed E-state index contributed by atoms with van der Waals surface area (Å²) in [7, 11) is -12.2. The Morgan fingerprint density at radius 2 is 0.652 bits per heavy atom. The van der Waals surface area contributed by atoms with Gasteiger partial charge < -0.3 is 9.11 Å². The number of hydrogen-bond donors (Lipinski definition) is 0. The van der Waals surface area contributed by atoms with Gasteiger partial charge in [0.15, 0.2) is 20.2 Å². The molecule has 0 saturated heterocycles. The summed E-state index contributed by atoms with van der Waals surface area (Å²) in [5.41, 5.74) is -11.3. The van der Waals surface area contributed by atoms with E-state index in [9.17, 15) is 26.3 Å². The molecule has 0 aliphatic heterocycles. The van der Waals surface area contributed by atoms with Gasteiger partial charge in [-0.25, -0.2) is 16.8 Å². The summed E-state index contributed by atoms with van der Waals surface area (Å²) in [4.78, 5) is 0. The topological polar surface area (TPSA) is 114 Å². The molecule has 0 fully saturated rings. The average Bonchev–Trinajstić information content (AvgIpc) is 2.27. The van der Waals surface area contributed by atoms with Crippen LogP contribution in [-0.2, 0) is 37.3 Å². The molecule has 0 saturated carbocycles. The van der Waals surface area contributed by atoms with E-state index in [-0.39, 0.29) is 17.1 Å². The van der Waals surface area contributed by atoms with Gasteiger partial charge >= 0.3 is 28.1 Å². The van der Waals surface area contributed by atoms with Gasteiger partial charge in [0, 0.05) is 0 Å². The largest absolute Gasteiger partial charge is 2.00 e. The summed E-state index contributed by atoms with van der Waals surface area (Å²) in [5, 5.41) is 0. The van der Waals surface area contributed by atoms with E-state index in [1.54, 1.807) is 0 Å². The van der Waals surface area contributed by atoms with Gasteiger partial charge in [-0.15, -0.1) is 0 Å². The Labute approximate surface area is 137 Å². The van der Waals surface area contributed by atoms with Crippen molar-refractivity contribution in [1.82, 2.24) is 0 Å². The van der Waals surface area contributed by atoms with Crippen LogP contribution in [0.3, 0.4) is 0 Å². The summed E-state index contributed by atoms with van der Waals surface area (Å²) < 4.78 is 118. The van der Waals surface area contributed by atoms with Gasteiger partial charge in [-0.05, 0) is 0 Å². The van der Waals surface area contributed by atoms with Crippen LogP contribution in [0.4, 0.5) is 26.3 Å². The molecule has 1 aromatic carbocycles. The van der Waals surface area contributed by atoms with Crippen molar-refractivity contribution < 1.29 is 69.4 Å². The molecule has 0 N–H and O–H groups in total. The second-order valence-corrected chi connectivity index (χ2v) is 5.70. The molecule has 1 aromatic rings. The third-order valence-corrected chi connectivity index (χ3v) is 2.37. The van der Waals surface area contributed by atoms with E-state index in [1.165, 1.54) is 0 Å². The monoisotopic (exact) mass is 439 g/mol. The first kappa shape index (κ1) is 27.0. The number of alkyl halides is 6. The minimum absolute atomic E-state index is 0. The molecule has 1 rings (SSSR count). The van der Waals surface area contributed by atoms with Crippen LogP contribution in [0.5, 0.6) is 0 Å². The molecular formula is C8H6CuF6O6S2. The predicted molar refractivity (Wildman–Crippen MR) is 57.9 cm³/mol. The van der Waals surface area contributed by atoms with Crippen LogP contribution in [0, 0.1) is 0 Å². The molecule has 0 aromatic heterocycles. The van der Waals surface area contributed by atoms with Crippen LogP contribution in [0.25, 0.3) is 0 Å². The zero-order valence-electron chi connectivity index (χ0n) is 10.3. The minimum Gasteiger partial charge on any atom is -0.741 e. The van der Waals surface area contributed by atoms with Crippen LogP contribution in [-0.4, -0.2) is 37.0 Å². The second kappa shape index (κ2) is 10.1. The van der Waals surface area contributed by atoms with Crippen LogP contribution in [0.1, 0.15) is 0 Å². The summed E-state index contributed by atoms with van der Waals surface area (Å²) in [6, 6.07) is 12.0. The van der Waals surface area contributed by atoms with E-state index >= 15 is 0 Å². The summed E-state index contributed by atoms with van der Waals surface area (Å²) in [5.74, 6) is 0. The van der Waals surface area contributed by atoms with E-state index in [0.29, 0.717) is 0 Å². The average molecular weight is 440 g/mol. The molecule has 0 aliphatic rings. The predicted octanol–water partition coefficient (Wildman–Crippen LogP) is 1.79. The van der Waals surface area contributed by atoms with E-state index in [4.69, 9.17) is 25.9 Å². The van der Waals surface area contributed by atoms with Crippen LogP contribution in [0.2, 0.25) is 0 Å². The van der Waals surface area contributed by atoms with E-state index in [0.717, 1.165) is 0 Å². The van der Waals surface area contributed by atoms with Crippen molar-refractivity contribution in [3.63, 3.8) is 0 Å². The van der Waals surface area contributed by atoms with Crippen LogP contribution >= 0.6 is 0 Å². The maximum absolute atomic E-state index is 10.7. The summed E-state index contributed by atoms with van der Waals surface area (Å²) in [6.07, 6.45) is 0. The first-order valence-electron chi connectivity index (χ1n) is 4.54. The number of halogens is 6. The van der Waals surface area contributed by atoms with Crippen molar-refractivity contribution >= 4 is 20.2 Å². The van der Waals surface area contributed by atoms with Gasteiger partial charge in [0.25, 0.3) is 0 Å². The zero-order valence-corrected chi connectivity index (χ0v) is 12.9. The molecule has 0 atom stereocenters. The Bertz CT molecular complexity index is 557. The fourth-order valence-electron chi connectivity index (χ4n) is 0.385. The van der Waals surface area contributed by atoms with Gasteiger partial charge in [-0.2, -0.15) is 26.3 Å². The molecule has 23 heavy (non-hydrogen) atoms. The van der Waals surface area contributed by atoms with Gasteiger partial charge in [0.05, 0.1) is 0 Å². The molecule has 139 valence electrons. The molecule has 0 amide bonds. The van der Waals surface area contributed by atoms with Crippen LogP contribution in [0.15, 0.2) is 36.4 Å². The summed E-state index contributed by atoms with van der Waals surface area (Å²) >= 11 is 0. The smallest absolute Gasteiger partial charge is 0.741 e. The van der Waals surface area contributed by atoms with Gasteiger partial charge in [0.2, 0.25) is 0 Å². The molecule has 0 aliphatic carbocycles. The van der Waals surface area contributed by atoms with Crippen molar-refractivity contribution in [2.75, 3.05) is 0 Å². The first-order valence-corrected chi connectivity index (χ1v) is 7.36. The normalized spacial score (nSPS) is 11.8. The fourth-order valence-corrected chi connectivity index (χ4v) is 0.385. The van der Waals surface area contributed by atoms with Gasteiger partial charge in [-0.3, -0.25) is 0 Å². The first-order chi connectivity index (χ1) is 9.50. The molecule has 0 bridgehead atoms. The SMILES string of the molecule is O=S(=O)([O-])C(F)(F)F.O=S(=O)([O-])C(F)(F)F.[Cu+2].c1ccccc1. The molecule has 15 heteroatoms. The molecule has 6 nitrogen and oxygen atoms in total.